The summed E-state index contributed by atoms with van der Waals surface area (Å²) in [6.07, 6.45) is -1.59. The summed E-state index contributed by atoms with van der Waals surface area (Å²) in [5, 5.41) is 20.1. The Labute approximate surface area is 125 Å². The van der Waals surface area contributed by atoms with E-state index in [1.54, 1.807) is 6.92 Å². The quantitative estimate of drug-likeness (QED) is 0.628. The van der Waals surface area contributed by atoms with E-state index in [0.29, 0.717) is 16.9 Å². The Balaban J connectivity index is 1.87. The summed E-state index contributed by atoms with van der Waals surface area (Å²) >= 11 is 0. The first-order valence-corrected chi connectivity index (χ1v) is 7.57. The second kappa shape index (κ2) is 5.92. The number of aryl methyl sites for hydroxylation is 1. The van der Waals surface area contributed by atoms with Gasteiger partial charge in [-0.05, 0) is 6.92 Å². The van der Waals surface area contributed by atoms with E-state index < -0.39 is 32.8 Å². The summed E-state index contributed by atoms with van der Waals surface area (Å²) in [4.78, 5) is 20.9. The van der Waals surface area contributed by atoms with Crippen LogP contribution in [0.15, 0.2) is 12.7 Å². The van der Waals surface area contributed by atoms with Gasteiger partial charge in [0.2, 0.25) is 0 Å². The zero-order valence-corrected chi connectivity index (χ0v) is 12.4. The van der Waals surface area contributed by atoms with Crippen molar-refractivity contribution in [3.63, 3.8) is 0 Å². The summed E-state index contributed by atoms with van der Waals surface area (Å²) in [6.45, 7) is 1.46. The molecule has 1 aliphatic heterocycles. The maximum Gasteiger partial charge on any atom is 0.694 e. The van der Waals surface area contributed by atoms with Crippen molar-refractivity contribution in [3.05, 3.63) is 18.3 Å². The normalized spacial score (nSPS) is 29.2. The molecule has 1 unspecified atom stereocenters. The van der Waals surface area contributed by atoms with Crippen molar-refractivity contribution in [2.45, 2.75) is 31.5 Å². The van der Waals surface area contributed by atoms with Gasteiger partial charge in [0.15, 0.2) is 11.9 Å². The summed E-state index contributed by atoms with van der Waals surface area (Å²) in [5.41, 5.74) is 1.69. The first kappa shape index (κ1) is 15.3. The molecule has 0 aromatic carbocycles. The molecule has 0 amide bonds. The van der Waals surface area contributed by atoms with Crippen molar-refractivity contribution in [2.24, 2.45) is 0 Å². The fourth-order valence-corrected chi connectivity index (χ4v) is 2.66. The summed E-state index contributed by atoms with van der Waals surface area (Å²) in [6, 6.07) is 0. The zero-order valence-electron chi connectivity index (χ0n) is 11.5. The number of fused-ring (bicyclic) bond motifs is 1. The van der Waals surface area contributed by atoms with Gasteiger partial charge in [-0.2, -0.15) is 0 Å². The average molecular weight is 329 g/mol. The van der Waals surface area contributed by atoms with Gasteiger partial charge in [-0.3, -0.25) is 4.57 Å². The lowest BCUT2D eigenvalue weighted by molar-refractivity contribution is -0.0476. The first-order chi connectivity index (χ1) is 10.5. The van der Waals surface area contributed by atoms with E-state index in [9.17, 15) is 14.8 Å². The topological polar surface area (TPSA) is 140 Å². The fraction of sp³-hybridized carbons (Fsp3) is 0.545. The van der Waals surface area contributed by atoms with E-state index in [4.69, 9.17) is 9.63 Å². The number of rotatable bonds is 4. The Morgan fingerprint density at radius 2 is 2.14 bits per heavy atom. The molecule has 1 fully saturated rings. The van der Waals surface area contributed by atoms with E-state index in [0.717, 1.165) is 0 Å². The molecule has 2 aromatic rings. The van der Waals surface area contributed by atoms with Gasteiger partial charge < -0.3 is 14.9 Å². The van der Waals surface area contributed by atoms with Crippen molar-refractivity contribution in [2.75, 3.05) is 6.61 Å². The average Bonchev–Trinajstić information content (AvgIpc) is 3.01. The third-order valence-corrected chi connectivity index (χ3v) is 3.87. The smallest absolute Gasteiger partial charge is 0.387 e. The third-order valence-electron chi connectivity index (χ3n) is 3.50. The number of aliphatic hydroxyl groups is 2. The number of hydrogen-bond donors (Lipinski definition) is 3. The highest BCUT2D eigenvalue weighted by Crippen LogP contribution is 2.32. The molecule has 3 heterocycles. The molecule has 1 saturated heterocycles. The number of nitrogens with zero attached hydrogens (tertiary/aromatic N) is 4. The van der Waals surface area contributed by atoms with Gasteiger partial charge in [0, 0.05) is 4.57 Å². The predicted molar refractivity (Wildman–Crippen MR) is 71.8 cm³/mol. The maximum absolute atomic E-state index is 10.6. The van der Waals surface area contributed by atoms with Crippen molar-refractivity contribution < 1.29 is 28.9 Å². The molecular weight excluding hydrogens is 315 g/mol. The minimum atomic E-state index is -2.80. The first-order valence-electron chi connectivity index (χ1n) is 6.44. The highest BCUT2D eigenvalue weighted by atomic mass is 31.1. The van der Waals surface area contributed by atoms with Crippen LogP contribution in [0.2, 0.25) is 0 Å². The van der Waals surface area contributed by atoms with Crippen molar-refractivity contribution in [3.8, 4) is 0 Å². The van der Waals surface area contributed by atoms with Gasteiger partial charge in [0.1, 0.15) is 36.8 Å². The van der Waals surface area contributed by atoms with E-state index in [1.807, 2.05) is 0 Å². The number of hydrogen-bond acceptors (Lipinski definition) is 8. The number of imidazole rings is 1. The Morgan fingerprint density at radius 1 is 1.36 bits per heavy atom. The van der Waals surface area contributed by atoms with E-state index in [1.165, 1.54) is 17.2 Å². The van der Waals surface area contributed by atoms with Crippen molar-refractivity contribution in [1.29, 1.82) is 0 Å². The van der Waals surface area contributed by atoms with Crippen LogP contribution in [-0.4, -0.2) is 59.5 Å². The van der Waals surface area contributed by atoms with Gasteiger partial charge in [-0.1, -0.05) is 0 Å². The van der Waals surface area contributed by atoms with Crippen LogP contribution in [0.4, 0.5) is 0 Å². The molecule has 3 rings (SSSR count). The second-order valence-corrected chi connectivity index (χ2v) is 5.60. The monoisotopic (exact) mass is 329 g/mol. The van der Waals surface area contributed by atoms with Gasteiger partial charge >= 0.3 is 8.25 Å². The molecule has 2 aromatic heterocycles. The van der Waals surface area contributed by atoms with Gasteiger partial charge in [0.25, 0.3) is 0 Å². The number of aliphatic hydroxyl groups excluding tert-OH is 2. The van der Waals surface area contributed by atoms with Gasteiger partial charge in [-0.15, -0.1) is 9.42 Å². The van der Waals surface area contributed by atoms with Crippen LogP contribution in [0, 0.1) is 6.92 Å². The molecule has 0 bridgehead atoms. The van der Waals surface area contributed by atoms with E-state index in [2.05, 4.69) is 19.5 Å². The Hall–Kier alpha value is -1.55. The molecule has 118 valence electrons. The van der Waals surface area contributed by atoms with E-state index >= 15 is 0 Å². The Bertz CT molecular complexity index is 709. The third kappa shape index (κ3) is 2.60. The zero-order chi connectivity index (χ0) is 15.9. The molecule has 0 aliphatic carbocycles. The number of ether oxygens (including phenoxy) is 1. The van der Waals surface area contributed by atoms with Crippen LogP contribution in [0.1, 0.15) is 11.9 Å². The summed E-state index contributed by atoms with van der Waals surface area (Å²) in [5.74, 6) is 0. The molecule has 22 heavy (non-hydrogen) atoms. The molecule has 10 nitrogen and oxygen atoms in total. The lowest BCUT2D eigenvalue weighted by Gasteiger charge is -2.16. The molecule has 0 radical (unpaired) electrons. The van der Waals surface area contributed by atoms with Crippen LogP contribution in [0.5, 0.6) is 0 Å². The van der Waals surface area contributed by atoms with Crippen LogP contribution in [0.3, 0.4) is 0 Å². The highest BCUT2D eigenvalue weighted by Gasteiger charge is 2.45. The molecule has 0 saturated carbocycles. The van der Waals surface area contributed by atoms with Crippen LogP contribution in [-0.2, 0) is 13.8 Å². The molecule has 11 heteroatoms. The van der Waals surface area contributed by atoms with Crippen molar-refractivity contribution in [1.82, 2.24) is 19.5 Å². The largest absolute Gasteiger partial charge is 0.694 e. The molecule has 3 N–H and O–H groups in total. The maximum atomic E-state index is 10.6. The van der Waals surface area contributed by atoms with Crippen LogP contribution >= 0.6 is 8.25 Å². The predicted octanol–water partition coefficient (Wildman–Crippen LogP) is -0.580. The molecule has 0 spiro atoms. The summed E-state index contributed by atoms with van der Waals surface area (Å²) in [7, 11) is -2.80. The van der Waals surface area contributed by atoms with Crippen molar-refractivity contribution >= 4 is 19.4 Å². The standard InChI is InChI=1S/C11H13N4O6P/c1-5-7-10(13-3-12-5)15(4-14-7)11-9(17)8(16)6(21-11)2-20-22(18)19/h3-4,6,8-9,11,16-17H,2H2,1H3/p+1/t6-,8-,9-,11-/m1/s1. The second-order valence-electron chi connectivity index (χ2n) is 4.86. The fourth-order valence-electron chi connectivity index (χ4n) is 2.39. The minimum absolute atomic E-state index is 0.318. The summed E-state index contributed by atoms with van der Waals surface area (Å²) < 4.78 is 22.1. The Kier molecular flexibility index (Phi) is 4.13. The highest BCUT2D eigenvalue weighted by molar-refractivity contribution is 7.32. The van der Waals surface area contributed by atoms with Crippen LogP contribution in [0.25, 0.3) is 11.2 Å². The molecular formula is C11H14N4O6P+. The lowest BCUT2D eigenvalue weighted by Crippen LogP contribution is -2.33. The van der Waals surface area contributed by atoms with Gasteiger partial charge in [-0.25, -0.2) is 15.0 Å². The van der Waals surface area contributed by atoms with Crippen LogP contribution < -0.4 is 0 Å². The number of aromatic nitrogens is 4. The molecule has 5 atom stereocenters. The van der Waals surface area contributed by atoms with E-state index in [-0.39, 0.29) is 6.61 Å². The minimum Gasteiger partial charge on any atom is -0.387 e. The van der Waals surface area contributed by atoms with Gasteiger partial charge in [0.05, 0.1) is 12.0 Å². The lowest BCUT2D eigenvalue weighted by atomic mass is 10.1. The SMILES string of the molecule is Cc1ncnc2c1ncn2[C@@H]1O[C@H](CO[P+](=O)O)[C@@H](O)[C@H]1O. The molecule has 1 aliphatic rings. The Morgan fingerprint density at radius 3 is 2.86 bits per heavy atom.